The predicted octanol–water partition coefficient (Wildman–Crippen LogP) is 5.99. The van der Waals surface area contributed by atoms with E-state index in [0.29, 0.717) is 19.1 Å². The maximum atomic E-state index is 13.1. The SMILES string of the molecule is Cc1ccc(C)c(OCCCC(C)(C)C(=O)Nc2cc(C3=NC(C)(C)CO3)ccc2C)c1. The number of aryl methyl sites for hydroxylation is 3. The van der Waals surface area contributed by atoms with Crippen LogP contribution in [0, 0.1) is 26.2 Å². The van der Waals surface area contributed by atoms with Gasteiger partial charge in [-0.3, -0.25) is 4.79 Å². The van der Waals surface area contributed by atoms with Gasteiger partial charge in [-0.2, -0.15) is 0 Å². The molecule has 0 saturated carbocycles. The molecule has 32 heavy (non-hydrogen) atoms. The van der Waals surface area contributed by atoms with Gasteiger partial charge in [-0.15, -0.1) is 0 Å². The van der Waals surface area contributed by atoms with Gasteiger partial charge >= 0.3 is 0 Å². The molecule has 0 aliphatic carbocycles. The monoisotopic (exact) mass is 436 g/mol. The van der Waals surface area contributed by atoms with Gasteiger partial charge in [-0.1, -0.05) is 32.0 Å². The maximum Gasteiger partial charge on any atom is 0.230 e. The molecule has 5 nitrogen and oxygen atoms in total. The van der Waals surface area contributed by atoms with Gasteiger partial charge in [0.25, 0.3) is 0 Å². The number of nitrogens with one attached hydrogen (secondary N) is 1. The number of carbonyl (C=O) groups excluding carboxylic acids is 1. The lowest BCUT2D eigenvalue weighted by molar-refractivity contribution is -0.124. The molecule has 0 spiro atoms. The van der Waals surface area contributed by atoms with Crippen LogP contribution in [0.3, 0.4) is 0 Å². The first kappa shape index (κ1) is 23.8. The lowest BCUT2D eigenvalue weighted by atomic mass is 9.86. The number of rotatable bonds is 8. The smallest absolute Gasteiger partial charge is 0.230 e. The van der Waals surface area contributed by atoms with Crippen molar-refractivity contribution < 1.29 is 14.3 Å². The summed E-state index contributed by atoms with van der Waals surface area (Å²) in [6.07, 6.45) is 1.53. The van der Waals surface area contributed by atoms with Crippen molar-refractivity contribution in [2.24, 2.45) is 10.4 Å². The van der Waals surface area contributed by atoms with E-state index in [1.807, 2.05) is 59.7 Å². The van der Waals surface area contributed by atoms with E-state index in [-0.39, 0.29) is 11.4 Å². The summed E-state index contributed by atoms with van der Waals surface area (Å²) < 4.78 is 11.7. The first-order chi connectivity index (χ1) is 15.0. The number of benzene rings is 2. The van der Waals surface area contributed by atoms with Crippen LogP contribution in [-0.4, -0.2) is 30.6 Å². The summed E-state index contributed by atoms with van der Waals surface area (Å²) in [7, 11) is 0. The van der Waals surface area contributed by atoms with Crippen LogP contribution in [0.1, 0.15) is 62.8 Å². The largest absolute Gasteiger partial charge is 0.493 e. The Morgan fingerprint density at radius 1 is 1.12 bits per heavy atom. The van der Waals surface area contributed by atoms with Crippen LogP contribution in [0.25, 0.3) is 0 Å². The van der Waals surface area contributed by atoms with Gasteiger partial charge in [0.1, 0.15) is 12.4 Å². The van der Waals surface area contributed by atoms with E-state index in [1.54, 1.807) is 0 Å². The fraction of sp³-hybridized carbons (Fsp3) is 0.481. The molecule has 172 valence electrons. The number of aliphatic imine (C=N–C) groups is 1. The van der Waals surface area contributed by atoms with E-state index >= 15 is 0 Å². The van der Waals surface area contributed by atoms with Crippen LogP contribution in [0.2, 0.25) is 0 Å². The molecule has 1 N–H and O–H groups in total. The van der Waals surface area contributed by atoms with Crippen molar-refractivity contribution in [1.29, 1.82) is 0 Å². The fourth-order valence-electron chi connectivity index (χ4n) is 3.59. The number of ether oxygens (including phenoxy) is 2. The lowest BCUT2D eigenvalue weighted by Crippen LogP contribution is -2.31. The van der Waals surface area contributed by atoms with Crippen molar-refractivity contribution in [2.45, 2.75) is 66.8 Å². The van der Waals surface area contributed by atoms with Crippen molar-refractivity contribution in [3.05, 3.63) is 58.7 Å². The highest BCUT2D eigenvalue weighted by Crippen LogP contribution is 2.28. The molecule has 1 heterocycles. The first-order valence-corrected chi connectivity index (χ1v) is 11.3. The normalized spacial score (nSPS) is 15.2. The maximum absolute atomic E-state index is 13.1. The third-order valence-electron chi connectivity index (χ3n) is 5.86. The summed E-state index contributed by atoms with van der Waals surface area (Å²) in [5.41, 5.74) is 4.26. The molecule has 5 heteroatoms. The van der Waals surface area contributed by atoms with Gasteiger partial charge in [0, 0.05) is 16.7 Å². The van der Waals surface area contributed by atoms with Crippen LogP contribution in [0.15, 0.2) is 41.4 Å². The second-order valence-electron chi connectivity index (χ2n) is 10.1. The highest BCUT2D eigenvalue weighted by atomic mass is 16.5. The quantitative estimate of drug-likeness (QED) is 0.517. The molecular formula is C27H36N2O3. The van der Waals surface area contributed by atoms with Crippen molar-refractivity contribution in [1.82, 2.24) is 0 Å². The Morgan fingerprint density at radius 3 is 2.53 bits per heavy atom. The van der Waals surface area contributed by atoms with E-state index in [9.17, 15) is 4.79 Å². The van der Waals surface area contributed by atoms with Gasteiger partial charge < -0.3 is 14.8 Å². The molecule has 2 aromatic carbocycles. The summed E-state index contributed by atoms with van der Waals surface area (Å²) in [6.45, 7) is 15.3. The zero-order valence-corrected chi connectivity index (χ0v) is 20.5. The minimum Gasteiger partial charge on any atom is -0.493 e. The van der Waals surface area contributed by atoms with Gasteiger partial charge in [0.2, 0.25) is 11.8 Å². The van der Waals surface area contributed by atoms with Crippen LogP contribution >= 0.6 is 0 Å². The molecule has 1 amide bonds. The summed E-state index contributed by atoms with van der Waals surface area (Å²) in [5.74, 6) is 1.55. The van der Waals surface area contributed by atoms with Crippen molar-refractivity contribution >= 4 is 17.5 Å². The number of carbonyl (C=O) groups is 1. The van der Waals surface area contributed by atoms with Gasteiger partial charge in [0.05, 0.1) is 12.1 Å². The molecule has 3 rings (SSSR count). The number of nitrogens with zero attached hydrogens (tertiary/aromatic N) is 1. The number of hydrogen-bond donors (Lipinski definition) is 1. The van der Waals surface area contributed by atoms with E-state index in [0.717, 1.165) is 41.0 Å². The van der Waals surface area contributed by atoms with E-state index in [1.165, 1.54) is 5.56 Å². The Balaban J connectivity index is 1.59. The Hall–Kier alpha value is -2.82. The van der Waals surface area contributed by atoms with Gasteiger partial charge in [0.15, 0.2) is 0 Å². The molecule has 1 aliphatic heterocycles. The van der Waals surface area contributed by atoms with E-state index in [4.69, 9.17) is 9.47 Å². The highest BCUT2D eigenvalue weighted by molar-refractivity contribution is 5.99. The number of amides is 1. The summed E-state index contributed by atoms with van der Waals surface area (Å²) in [6, 6.07) is 12.1. The van der Waals surface area contributed by atoms with Crippen LogP contribution in [-0.2, 0) is 9.53 Å². The first-order valence-electron chi connectivity index (χ1n) is 11.3. The molecule has 0 atom stereocenters. The van der Waals surface area contributed by atoms with Crippen molar-refractivity contribution in [3.63, 3.8) is 0 Å². The molecule has 0 fully saturated rings. The number of anilines is 1. The minimum absolute atomic E-state index is 0.000838. The van der Waals surface area contributed by atoms with Crippen LogP contribution in [0.5, 0.6) is 5.75 Å². The van der Waals surface area contributed by atoms with E-state index in [2.05, 4.69) is 35.4 Å². The molecule has 0 aromatic heterocycles. The minimum atomic E-state index is -0.517. The fourth-order valence-corrected chi connectivity index (χ4v) is 3.59. The lowest BCUT2D eigenvalue weighted by Gasteiger charge is -2.24. The molecule has 1 aliphatic rings. The van der Waals surface area contributed by atoms with Gasteiger partial charge in [-0.25, -0.2) is 4.99 Å². The average molecular weight is 437 g/mol. The topological polar surface area (TPSA) is 59.9 Å². The molecule has 2 aromatic rings. The predicted molar refractivity (Wildman–Crippen MR) is 131 cm³/mol. The third-order valence-corrected chi connectivity index (χ3v) is 5.86. The molecule has 0 bridgehead atoms. The Kier molecular flexibility index (Phi) is 6.97. The Bertz CT molecular complexity index is 1020. The molecule has 0 saturated heterocycles. The molecule has 0 radical (unpaired) electrons. The van der Waals surface area contributed by atoms with Crippen LogP contribution in [0.4, 0.5) is 5.69 Å². The third kappa shape index (κ3) is 5.90. The standard InChI is InChI=1S/C27H36N2O3/c1-18-9-10-20(3)23(15-18)31-14-8-13-26(4,5)25(30)28-22-16-21(12-11-19(22)2)24-29-27(6,7)17-32-24/h9-12,15-16H,8,13-14,17H2,1-7H3,(H,28,30). The van der Waals surface area contributed by atoms with Crippen molar-refractivity contribution in [3.8, 4) is 5.75 Å². The van der Waals surface area contributed by atoms with Crippen molar-refractivity contribution in [2.75, 3.05) is 18.5 Å². The average Bonchev–Trinajstić information content (AvgIpc) is 3.09. The molecular weight excluding hydrogens is 400 g/mol. The zero-order valence-electron chi connectivity index (χ0n) is 20.5. The number of hydrogen-bond acceptors (Lipinski definition) is 4. The zero-order chi connectivity index (χ0) is 23.5. The Morgan fingerprint density at radius 2 is 1.84 bits per heavy atom. The highest BCUT2D eigenvalue weighted by Gasteiger charge is 2.29. The summed E-state index contributed by atoms with van der Waals surface area (Å²) in [5, 5.41) is 3.12. The molecule has 0 unspecified atom stereocenters. The summed E-state index contributed by atoms with van der Waals surface area (Å²) >= 11 is 0. The second kappa shape index (κ2) is 9.35. The summed E-state index contributed by atoms with van der Waals surface area (Å²) in [4.78, 5) is 17.7. The van der Waals surface area contributed by atoms with Gasteiger partial charge in [-0.05, 0) is 82.3 Å². The van der Waals surface area contributed by atoms with Crippen LogP contribution < -0.4 is 10.1 Å². The van der Waals surface area contributed by atoms with E-state index < -0.39 is 5.41 Å². The second-order valence-corrected chi connectivity index (χ2v) is 10.1. The Labute approximate surface area is 192 Å².